The lowest BCUT2D eigenvalue weighted by molar-refractivity contribution is 0.869. The van der Waals surface area contributed by atoms with Crippen molar-refractivity contribution in [3.8, 4) is 6.07 Å². The normalized spacial score (nSPS) is 12.1. The average Bonchev–Trinajstić information content (AvgIpc) is 2.17. The third-order valence-electron chi connectivity index (χ3n) is 1.71. The Morgan fingerprint density at radius 2 is 2.42 bits per heavy atom. The SMILES string of the molecule is CCc1ccc([C@@H](N)C#N)nc1. The molecule has 3 nitrogen and oxygen atoms in total. The van der Waals surface area contributed by atoms with Crippen LogP contribution in [0.4, 0.5) is 0 Å². The number of rotatable bonds is 2. The maximum absolute atomic E-state index is 8.50. The molecule has 0 unspecified atom stereocenters. The van der Waals surface area contributed by atoms with Gasteiger partial charge in [-0.3, -0.25) is 4.98 Å². The summed E-state index contributed by atoms with van der Waals surface area (Å²) >= 11 is 0. The van der Waals surface area contributed by atoms with Crippen molar-refractivity contribution < 1.29 is 0 Å². The van der Waals surface area contributed by atoms with E-state index >= 15 is 0 Å². The van der Waals surface area contributed by atoms with Gasteiger partial charge in [0.1, 0.15) is 6.04 Å². The van der Waals surface area contributed by atoms with Gasteiger partial charge < -0.3 is 5.73 Å². The van der Waals surface area contributed by atoms with Crippen LogP contribution in [0.2, 0.25) is 0 Å². The van der Waals surface area contributed by atoms with E-state index in [1.165, 1.54) is 0 Å². The Hall–Kier alpha value is -1.40. The van der Waals surface area contributed by atoms with E-state index in [1.54, 1.807) is 12.3 Å². The van der Waals surface area contributed by atoms with E-state index in [1.807, 2.05) is 12.1 Å². The molecule has 0 saturated heterocycles. The van der Waals surface area contributed by atoms with Gasteiger partial charge in [0.2, 0.25) is 0 Å². The quantitative estimate of drug-likeness (QED) is 0.708. The number of nitrogens with zero attached hydrogens (tertiary/aromatic N) is 2. The van der Waals surface area contributed by atoms with Gasteiger partial charge in [0, 0.05) is 6.20 Å². The summed E-state index contributed by atoms with van der Waals surface area (Å²) in [6, 6.07) is 5.08. The molecule has 0 aliphatic rings. The highest BCUT2D eigenvalue weighted by Gasteiger charge is 2.03. The molecule has 12 heavy (non-hydrogen) atoms. The van der Waals surface area contributed by atoms with Gasteiger partial charge in [-0.05, 0) is 18.1 Å². The lowest BCUT2D eigenvalue weighted by atomic mass is 10.1. The van der Waals surface area contributed by atoms with Crippen LogP contribution in [0.1, 0.15) is 24.2 Å². The summed E-state index contributed by atoms with van der Waals surface area (Å²) in [6.07, 6.45) is 2.71. The summed E-state index contributed by atoms with van der Waals surface area (Å²) in [6.45, 7) is 2.06. The molecule has 1 heterocycles. The van der Waals surface area contributed by atoms with Crippen molar-refractivity contribution in [1.82, 2.24) is 4.98 Å². The molecule has 1 aromatic rings. The first-order chi connectivity index (χ1) is 5.77. The van der Waals surface area contributed by atoms with Crippen LogP contribution in [0, 0.1) is 11.3 Å². The van der Waals surface area contributed by atoms with Crippen molar-refractivity contribution in [2.45, 2.75) is 19.4 Å². The molecule has 0 fully saturated rings. The fraction of sp³-hybridized carbons (Fsp3) is 0.333. The van der Waals surface area contributed by atoms with Gasteiger partial charge in [-0.25, -0.2) is 0 Å². The van der Waals surface area contributed by atoms with Crippen LogP contribution in [0.5, 0.6) is 0 Å². The molecule has 0 bridgehead atoms. The standard InChI is InChI=1S/C9H11N3/c1-2-7-3-4-9(12-6-7)8(11)5-10/h3-4,6,8H,2,11H2,1H3/t8-/m0/s1. The summed E-state index contributed by atoms with van der Waals surface area (Å²) < 4.78 is 0. The largest absolute Gasteiger partial charge is 0.311 e. The van der Waals surface area contributed by atoms with E-state index < -0.39 is 6.04 Å². The van der Waals surface area contributed by atoms with Gasteiger partial charge in [0.05, 0.1) is 11.8 Å². The molecule has 62 valence electrons. The molecule has 1 aromatic heterocycles. The lowest BCUT2D eigenvalue weighted by Crippen LogP contribution is -2.09. The molecule has 0 aliphatic heterocycles. The second-order valence-electron chi connectivity index (χ2n) is 2.55. The summed E-state index contributed by atoms with van der Waals surface area (Å²) in [4.78, 5) is 4.07. The maximum atomic E-state index is 8.50. The van der Waals surface area contributed by atoms with Crippen molar-refractivity contribution in [2.24, 2.45) is 5.73 Å². The monoisotopic (exact) mass is 161 g/mol. The highest BCUT2D eigenvalue weighted by atomic mass is 14.8. The van der Waals surface area contributed by atoms with Crippen molar-refractivity contribution in [1.29, 1.82) is 5.26 Å². The maximum Gasteiger partial charge on any atom is 0.135 e. The summed E-state index contributed by atoms with van der Waals surface area (Å²) in [5.41, 5.74) is 7.25. The molecule has 1 rings (SSSR count). The minimum Gasteiger partial charge on any atom is -0.311 e. The van der Waals surface area contributed by atoms with Gasteiger partial charge in [0.15, 0.2) is 0 Å². The Balaban J connectivity index is 2.86. The number of aromatic nitrogens is 1. The minimum absolute atomic E-state index is 0.601. The highest BCUT2D eigenvalue weighted by molar-refractivity contribution is 5.19. The van der Waals surface area contributed by atoms with Gasteiger partial charge in [0.25, 0.3) is 0 Å². The van der Waals surface area contributed by atoms with E-state index in [4.69, 9.17) is 11.0 Å². The fourth-order valence-corrected chi connectivity index (χ4v) is 0.895. The summed E-state index contributed by atoms with van der Waals surface area (Å²) in [7, 11) is 0. The molecule has 0 spiro atoms. The Morgan fingerprint density at radius 1 is 1.67 bits per heavy atom. The number of nitriles is 1. The first-order valence-corrected chi connectivity index (χ1v) is 3.88. The third-order valence-corrected chi connectivity index (χ3v) is 1.71. The molecule has 2 N–H and O–H groups in total. The molecule has 0 aromatic carbocycles. The van der Waals surface area contributed by atoms with Crippen LogP contribution in [-0.4, -0.2) is 4.98 Å². The Bertz CT molecular complexity index is 284. The smallest absolute Gasteiger partial charge is 0.135 e. The predicted octanol–water partition coefficient (Wildman–Crippen LogP) is 1.17. The van der Waals surface area contributed by atoms with E-state index in [9.17, 15) is 0 Å². The predicted molar refractivity (Wildman–Crippen MR) is 46.2 cm³/mol. The van der Waals surface area contributed by atoms with Crippen LogP contribution in [0.3, 0.4) is 0 Å². The molecule has 0 amide bonds. The molecule has 0 saturated carbocycles. The third kappa shape index (κ3) is 1.80. The Morgan fingerprint density at radius 3 is 2.83 bits per heavy atom. The number of nitrogens with two attached hydrogens (primary N) is 1. The van der Waals surface area contributed by atoms with Crippen molar-refractivity contribution in [2.75, 3.05) is 0 Å². The molecular formula is C9H11N3. The van der Waals surface area contributed by atoms with Gasteiger partial charge in [-0.1, -0.05) is 13.0 Å². The number of pyridine rings is 1. The first-order valence-electron chi connectivity index (χ1n) is 3.88. The zero-order valence-corrected chi connectivity index (χ0v) is 6.99. The summed E-state index contributed by atoms with van der Waals surface area (Å²) in [5.74, 6) is 0. The molecule has 0 radical (unpaired) electrons. The second kappa shape index (κ2) is 3.84. The Kier molecular flexibility index (Phi) is 2.78. The minimum atomic E-state index is -0.601. The number of aryl methyl sites for hydroxylation is 1. The van der Waals surface area contributed by atoms with Crippen molar-refractivity contribution in [3.05, 3.63) is 29.6 Å². The van der Waals surface area contributed by atoms with E-state index in [0.29, 0.717) is 5.69 Å². The van der Waals surface area contributed by atoms with Crippen LogP contribution in [0.15, 0.2) is 18.3 Å². The van der Waals surface area contributed by atoms with Gasteiger partial charge in [-0.2, -0.15) is 5.26 Å². The number of hydrogen-bond acceptors (Lipinski definition) is 3. The molecule has 0 aliphatic carbocycles. The average molecular weight is 161 g/mol. The zero-order valence-electron chi connectivity index (χ0n) is 6.99. The van der Waals surface area contributed by atoms with E-state index in [0.717, 1.165) is 12.0 Å². The van der Waals surface area contributed by atoms with Gasteiger partial charge >= 0.3 is 0 Å². The van der Waals surface area contributed by atoms with Crippen molar-refractivity contribution >= 4 is 0 Å². The summed E-state index contributed by atoms with van der Waals surface area (Å²) in [5, 5.41) is 8.50. The topological polar surface area (TPSA) is 62.7 Å². The van der Waals surface area contributed by atoms with Crippen LogP contribution >= 0.6 is 0 Å². The fourth-order valence-electron chi connectivity index (χ4n) is 0.895. The van der Waals surface area contributed by atoms with Crippen LogP contribution < -0.4 is 5.73 Å². The highest BCUT2D eigenvalue weighted by Crippen LogP contribution is 2.06. The second-order valence-corrected chi connectivity index (χ2v) is 2.55. The first kappa shape index (κ1) is 8.69. The van der Waals surface area contributed by atoms with Crippen molar-refractivity contribution in [3.63, 3.8) is 0 Å². The van der Waals surface area contributed by atoms with Crippen LogP contribution in [-0.2, 0) is 6.42 Å². The number of hydrogen-bond donors (Lipinski definition) is 1. The molecule has 3 heteroatoms. The zero-order chi connectivity index (χ0) is 8.97. The van der Waals surface area contributed by atoms with E-state index in [-0.39, 0.29) is 0 Å². The lowest BCUT2D eigenvalue weighted by Gasteiger charge is -2.01. The van der Waals surface area contributed by atoms with E-state index in [2.05, 4.69) is 11.9 Å². The molecular weight excluding hydrogens is 150 g/mol. The van der Waals surface area contributed by atoms with Crippen LogP contribution in [0.25, 0.3) is 0 Å². The van der Waals surface area contributed by atoms with Gasteiger partial charge in [-0.15, -0.1) is 0 Å². The Labute approximate surface area is 71.8 Å². The molecule has 1 atom stereocenters.